The Bertz CT molecular complexity index is 1190. The number of halogens is 1. The Balaban J connectivity index is 1.71. The van der Waals surface area contributed by atoms with E-state index in [-0.39, 0.29) is 0 Å². The van der Waals surface area contributed by atoms with Crippen LogP contribution in [0.1, 0.15) is 11.5 Å². The lowest BCUT2D eigenvalue weighted by Gasteiger charge is -2.13. The van der Waals surface area contributed by atoms with Gasteiger partial charge in [-0.05, 0) is 32.0 Å². The zero-order valence-corrected chi connectivity index (χ0v) is 16.7. The predicted molar refractivity (Wildman–Crippen MR) is 110 cm³/mol. The van der Waals surface area contributed by atoms with Crippen LogP contribution in [0.15, 0.2) is 36.7 Å². The maximum atomic E-state index is 6.34. The normalized spacial score (nSPS) is 11.0. The highest BCUT2D eigenvalue weighted by Crippen LogP contribution is 2.33. The Morgan fingerprint density at radius 2 is 1.89 bits per heavy atom. The Morgan fingerprint density at radius 1 is 1.07 bits per heavy atom. The molecule has 0 amide bonds. The molecule has 3 aromatic heterocycles. The van der Waals surface area contributed by atoms with Crippen LogP contribution in [0, 0.1) is 13.8 Å². The molecule has 3 heterocycles. The van der Waals surface area contributed by atoms with Gasteiger partial charge in [-0.25, -0.2) is 15.0 Å². The van der Waals surface area contributed by atoms with Crippen molar-refractivity contribution >= 4 is 34.1 Å². The van der Waals surface area contributed by atoms with Crippen molar-refractivity contribution < 1.29 is 4.74 Å². The summed E-state index contributed by atoms with van der Waals surface area (Å²) < 4.78 is 7.60. The first-order valence-corrected chi connectivity index (χ1v) is 9.07. The Hall–Kier alpha value is -3.19. The van der Waals surface area contributed by atoms with Gasteiger partial charge in [0.15, 0.2) is 0 Å². The molecule has 0 saturated heterocycles. The summed E-state index contributed by atoms with van der Waals surface area (Å²) in [4.78, 5) is 17.5. The molecule has 0 aliphatic heterocycles. The number of aryl methyl sites for hydroxylation is 2. The van der Waals surface area contributed by atoms with E-state index in [0.717, 1.165) is 33.8 Å². The molecule has 0 aliphatic rings. The highest BCUT2D eigenvalue weighted by atomic mass is 35.5. The number of imidazole rings is 1. The minimum Gasteiger partial charge on any atom is -0.495 e. The van der Waals surface area contributed by atoms with Crippen LogP contribution in [0.3, 0.4) is 0 Å². The van der Waals surface area contributed by atoms with E-state index in [9.17, 15) is 0 Å². The molecule has 1 aromatic carbocycles. The largest absolute Gasteiger partial charge is 0.495 e. The molecule has 0 fully saturated rings. The zero-order valence-electron chi connectivity index (χ0n) is 16.0. The van der Waals surface area contributed by atoms with E-state index in [4.69, 9.17) is 16.3 Å². The third-order valence-corrected chi connectivity index (χ3v) is 4.92. The molecule has 4 rings (SSSR count). The first kappa shape index (κ1) is 18.2. The number of aromatic nitrogens is 5. The van der Waals surface area contributed by atoms with Crippen molar-refractivity contribution in [3.63, 3.8) is 0 Å². The summed E-state index contributed by atoms with van der Waals surface area (Å²) in [5.41, 5.74) is 4.28. The van der Waals surface area contributed by atoms with Gasteiger partial charge >= 0.3 is 0 Å². The lowest BCUT2D eigenvalue weighted by Crippen LogP contribution is -2.01. The average Bonchev–Trinajstić information content (AvgIpc) is 3.01. The van der Waals surface area contributed by atoms with Gasteiger partial charge in [0, 0.05) is 23.7 Å². The summed E-state index contributed by atoms with van der Waals surface area (Å²) in [5, 5.41) is 4.33. The second-order valence-electron chi connectivity index (χ2n) is 6.47. The van der Waals surface area contributed by atoms with Gasteiger partial charge < -0.3 is 14.6 Å². The summed E-state index contributed by atoms with van der Waals surface area (Å²) in [6.07, 6.45) is 3.53. The number of ether oxygens (including phenoxy) is 1. The van der Waals surface area contributed by atoms with Crippen molar-refractivity contribution in [3.8, 4) is 17.0 Å². The topological polar surface area (TPSA) is 77.8 Å². The second kappa shape index (κ2) is 7.09. The lowest BCUT2D eigenvalue weighted by molar-refractivity contribution is 0.417. The van der Waals surface area contributed by atoms with Gasteiger partial charge in [-0.2, -0.15) is 0 Å². The molecular weight excluding hydrogens is 376 g/mol. The molecule has 0 aliphatic carbocycles. The van der Waals surface area contributed by atoms with Crippen LogP contribution in [-0.4, -0.2) is 31.6 Å². The first-order chi connectivity index (χ1) is 13.5. The monoisotopic (exact) mass is 394 g/mol. The number of hydrogen-bond acceptors (Lipinski definition) is 6. The maximum absolute atomic E-state index is 6.34. The summed E-state index contributed by atoms with van der Waals surface area (Å²) in [6.45, 7) is 3.87. The molecule has 0 saturated carbocycles. The zero-order chi connectivity index (χ0) is 19.8. The Kier molecular flexibility index (Phi) is 4.60. The van der Waals surface area contributed by atoms with Gasteiger partial charge in [-0.15, -0.1) is 0 Å². The van der Waals surface area contributed by atoms with Gasteiger partial charge in [-0.3, -0.25) is 4.98 Å². The fourth-order valence-corrected chi connectivity index (χ4v) is 3.23. The van der Waals surface area contributed by atoms with Crippen LogP contribution < -0.4 is 10.1 Å². The molecule has 8 heteroatoms. The van der Waals surface area contributed by atoms with Crippen LogP contribution in [0.5, 0.6) is 5.75 Å². The van der Waals surface area contributed by atoms with E-state index in [0.29, 0.717) is 22.4 Å². The molecular formula is C20H19ClN6O. The van der Waals surface area contributed by atoms with Crippen LogP contribution in [0.2, 0.25) is 5.15 Å². The van der Waals surface area contributed by atoms with Crippen LogP contribution >= 0.6 is 11.6 Å². The van der Waals surface area contributed by atoms with Gasteiger partial charge in [0.25, 0.3) is 0 Å². The summed E-state index contributed by atoms with van der Waals surface area (Å²) in [5.74, 6) is 1.99. The Labute approximate surface area is 167 Å². The minimum atomic E-state index is 0.374. The van der Waals surface area contributed by atoms with Crippen molar-refractivity contribution in [2.75, 3.05) is 12.4 Å². The number of pyridine rings is 1. The van der Waals surface area contributed by atoms with Crippen LogP contribution in [0.25, 0.3) is 22.2 Å². The molecule has 142 valence electrons. The van der Waals surface area contributed by atoms with Crippen LogP contribution in [-0.2, 0) is 7.05 Å². The molecule has 1 N–H and O–H groups in total. The molecule has 0 spiro atoms. The average molecular weight is 395 g/mol. The Morgan fingerprint density at radius 3 is 2.61 bits per heavy atom. The van der Waals surface area contributed by atoms with Gasteiger partial charge in [-0.1, -0.05) is 17.7 Å². The van der Waals surface area contributed by atoms with E-state index in [1.54, 1.807) is 13.3 Å². The second-order valence-corrected chi connectivity index (χ2v) is 6.83. The van der Waals surface area contributed by atoms with Crippen molar-refractivity contribution in [1.82, 2.24) is 24.5 Å². The molecule has 28 heavy (non-hydrogen) atoms. The quantitative estimate of drug-likeness (QED) is 0.515. The summed E-state index contributed by atoms with van der Waals surface area (Å²) in [6, 6.07) is 7.74. The van der Waals surface area contributed by atoms with Crippen molar-refractivity contribution in [3.05, 3.63) is 53.3 Å². The number of anilines is 2. The van der Waals surface area contributed by atoms with E-state index < -0.39 is 0 Å². The highest BCUT2D eigenvalue weighted by Gasteiger charge is 2.12. The van der Waals surface area contributed by atoms with E-state index in [1.165, 1.54) is 0 Å². The molecule has 0 radical (unpaired) electrons. The van der Waals surface area contributed by atoms with Crippen molar-refractivity contribution in [2.24, 2.45) is 7.05 Å². The standard InChI is InChI=1S/C20H19ClN6O/c1-11-7-14-16(9-22-11)25-20(26-19(14)21)24-15-6-5-13(8-18(15)28-4)17-10-23-12(2)27(17)3/h5-10H,1-4H3,(H,24,25,26). The van der Waals surface area contributed by atoms with E-state index in [1.807, 2.05) is 55.9 Å². The summed E-state index contributed by atoms with van der Waals surface area (Å²) in [7, 11) is 3.61. The number of nitrogens with zero attached hydrogens (tertiary/aromatic N) is 5. The fourth-order valence-electron chi connectivity index (χ4n) is 3.00. The van der Waals surface area contributed by atoms with Gasteiger partial charge in [0.1, 0.15) is 16.7 Å². The van der Waals surface area contributed by atoms with E-state index >= 15 is 0 Å². The lowest BCUT2D eigenvalue weighted by atomic mass is 10.1. The van der Waals surface area contributed by atoms with Gasteiger partial charge in [0.2, 0.25) is 5.95 Å². The molecule has 0 bridgehead atoms. The first-order valence-electron chi connectivity index (χ1n) is 8.70. The molecule has 4 aromatic rings. The van der Waals surface area contributed by atoms with Gasteiger partial charge in [0.05, 0.1) is 36.4 Å². The van der Waals surface area contributed by atoms with Crippen molar-refractivity contribution in [2.45, 2.75) is 13.8 Å². The predicted octanol–water partition coefficient (Wildman–Crippen LogP) is 4.45. The SMILES string of the molecule is COc1cc(-c2cnc(C)n2C)ccc1Nc1nc(Cl)c2cc(C)ncc2n1. The maximum Gasteiger partial charge on any atom is 0.229 e. The van der Waals surface area contributed by atoms with Crippen LogP contribution in [0.4, 0.5) is 11.6 Å². The highest BCUT2D eigenvalue weighted by molar-refractivity contribution is 6.34. The number of rotatable bonds is 4. The van der Waals surface area contributed by atoms with E-state index in [2.05, 4.69) is 25.3 Å². The number of hydrogen-bond donors (Lipinski definition) is 1. The number of fused-ring (bicyclic) bond motifs is 1. The smallest absolute Gasteiger partial charge is 0.229 e. The number of nitrogens with one attached hydrogen (secondary N) is 1. The number of benzene rings is 1. The number of methoxy groups -OCH3 is 1. The third kappa shape index (κ3) is 3.25. The minimum absolute atomic E-state index is 0.374. The van der Waals surface area contributed by atoms with Crippen molar-refractivity contribution in [1.29, 1.82) is 0 Å². The third-order valence-electron chi connectivity index (χ3n) is 4.64. The molecule has 0 unspecified atom stereocenters. The summed E-state index contributed by atoms with van der Waals surface area (Å²) >= 11 is 6.34. The fraction of sp³-hybridized carbons (Fsp3) is 0.200. The molecule has 7 nitrogen and oxygen atoms in total. The molecule has 0 atom stereocenters.